The molecule has 2 aromatic rings. The highest BCUT2D eigenvalue weighted by atomic mass is 35.5. The minimum Gasteiger partial charge on any atom is -0.496 e. The minimum atomic E-state index is -4.56. The molecule has 0 aliphatic carbocycles. The van der Waals surface area contributed by atoms with Crippen LogP contribution in [0.25, 0.3) is 11.1 Å². The molecule has 0 bridgehead atoms. The van der Waals surface area contributed by atoms with Crippen molar-refractivity contribution < 1.29 is 27.8 Å². The fourth-order valence-corrected chi connectivity index (χ4v) is 2.24. The van der Waals surface area contributed by atoms with E-state index in [4.69, 9.17) is 21.4 Å². The molecule has 0 fully saturated rings. The monoisotopic (exact) mass is 330 g/mol. The summed E-state index contributed by atoms with van der Waals surface area (Å²) in [6, 6.07) is 7.55. The summed E-state index contributed by atoms with van der Waals surface area (Å²) in [6.45, 7) is 0. The van der Waals surface area contributed by atoms with Gasteiger partial charge < -0.3 is 9.84 Å². The van der Waals surface area contributed by atoms with E-state index >= 15 is 0 Å². The number of carbonyl (C=O) groups is 1. The van der Waals surface area contributed by atoms with E-state index in [-0.39, 0.29) is 21.9 Å². The molecule has 7 heteroatoms. The van der Waals surface area contributed by atoms with Crippen LogP contribution < -0.4 is 4.74 Å². The van der Waals surface area contributed by atoms with E-state index in [0.29, 0.717) is 5.56 Å². The molecule has 2 aromatic carbocycles. The van der Waals surface area contributed by atoms with Crippen molar-refractivity contribution in [3.63, 3.8) is 0 Å². The number of hydrogen-bond acceptors (Lipinski definition) is 2. The predicted octanol–water partition coefficient (Wildman–Crippen LogP) is 4.73. The molecule has 0 unspecified atom stereocenters. The third kappa shape index (κ3) is 3.17. The molecule has 0 heterocycles. The van der Waals surface area contributed by atoms with Crippen molar-refractivity contribution in [2.24, 2.45) is 0 Å². The molecule has 0 aliphatic rings. The third-order valence-corrected chi connectivity index (χ3v) is 3.35. The fourth-order valence-electron chi connectivity index (χ4n) is 1.98. The lowest BCUT2D eigenvalue weighted by Gasteiger charge is -2.14. The van der Waals surface area contributed by atoms with Gasteiger partial charge in [-0.25, -0.2) is 4.79 Å². The Balaban J connectivity index is 2.54. The van der Waals surface area contributed by atoms with E-state index in [1.807, 2.05) is 0 Å². The second-order valence-electron chi connectivity index (χ2n) is 4.41. The van der Waals surface area contributed by atoms with Gasteiger partial charge in [-0.3, -0.25) is 0 Å². The standard InChI is InChI=1S/C15H10ClF3O3/c1-22-13-5-3-8(6-11(13)15(17,18)19)9-2-4-10(14(20)21)12(16)7-9/h2-7H,1H3,(H,20,21). The van der Waals surface area contributed by atoms with Gasteiger partial charge in [0.2, 0.25) is 0 Å². The van der Waals surface area contributed by atoms with E-state index in [2.05, 4.69) is 0 Å². The molecule has 0 saturated heterocycles. The van der Waals surface area contributed by atoms with Gasteiger partial charge in [0.15, 0.2) is 0 Å². The van der Waals surface area contributed by atoms with Gasteiger partial charge in [0.1, 0.15) is 5.75 Å². The van der Waals surface area contributed by atoms with Gasteiger partial charge in [0.05, 0.1) is 23.3 Å². The van der Waals surface area contributed by atoms with E-state index < -0.39 is 17.7 Å². The largest absolute Gasteiger partial charge is 0.496 e. The lowest BCUT2D eigenvalue weighted by Crippen LogP contribution is -2.07. The number of halogens is 4. The summed E-state index contributed by atoms with van der Waals surface area (Å²) in [5, 5.41) is 8.85. The van der Waals surface area contributed by atoms with Gasteiger partial charge in [-0.1, -0.05) is 23.7 Å². The number of methoxy groups -OCH3 is 1. The molecule has 0 amide bonds. The zero-order valence-corrected chi connectivity index (χ0v) is 12.0. The third-order valence-electron chi connectivity index (χ3n) is 3.04. The summed E-state index contributed by atoms with van der Waals surface area (Å²) in [6.07, 6.45) is -4.56. The number of ether oxygens (including phenoxy) is 1. The quantitative estimate of drug-likeness (QED) is 0.884. The number of rotatable bonds is 3. The highest BCUT2D eigenvalue weighted by molar-refractivity contribution is 6.33. The Morgan fingerprint density at radius 1 is 1.14 bits per heavy atom. The SMILES string of the molecule is COc1ccc(-c2ccc(C(=O)O)c(Cl)c2)cc1C(F)(F)F. The first-order valence-corrected chi connectivity index (χ1v) is 6.40. The summed E-state index contributed by atoms with van der Waals surface area (Å²) in [5.41, 5.74) is -0.393. The van der Waals surface area contributed by atoms with Gasteiger partial charge in [0.25, 0.3) is 0 Å². The Morgan fingerprint density at radius 2 is 1.73 bits per heavy atom. The van der Waals surface area contributed by atoms with Crippen LogP contribution in [-0.4, -0.2) is 18.2 Å². The lowest BCUT2D eigenvalue weighted by atomic mass is 10.0. The molecule has 0 saturated carbocycles. The smallest absolute Gasteiger partial charge is 0.419 e. The van der Waals surface area contributed by atoms with Crippen LogP contribution in [0.3, 0.4) is 0 Å². The molecule has 22 heavy (non-hydrogen) atoms. The van der Waals surface area contributed by atoms with Gasteiger partial charge in [-0.05, 0) is 35.4 Å². The van der Waals surface area contributed by atoms with Crippen molar-refractivity contribution in [1.29, 1.82) is 0 Å². The maximum atomic E-state index is 13.0. The highest BCUT2D eigenvalue weighted by Crippen LogP contribution is 2.39. The van der Waals surface area contributed by atoms with Crippen molar-refractivity contribution in [2.45, 2.75) is 6.18 Å². The molecule has 0 spiro atoms. The van der Waals surface area contributed by atoms with E-state index in [0.717, 1.165) is 13.2 Å². The molecule has 2 rings (SSSR count). The minimum absolute atomic E-state index is 0.0469. The van der Waals surface area contributed by atoms with Crippen LogP contribution in [0.4, 0.5) is 13.2 Å². The van der Waals surface area contributed by atoms with E-state index in [9.17, 15) is 18.0 Å². The van der Waals surface area contributed by atoms with Crippen molar-refractivity contribution in [3.05, 3.63) is 52.5 Å². The molecule has 0 radical (unpaired) electrons. The van der Waals surface area contributed by atoms with Crippen LogP contribution in [0.1, 0.15) is 15.9 Å². The molecular formula is C15H10ClF3O3. The maximum Gasteiger partial charge on any atom is 0.419 e. The van der Waals surface area contributed by atoms with E-state index in [1.54, 1.807) is 0 Å². The molecule has 0 atom stereocenters. The highest BCUT2D eigenvalue weighted by Gasteiger charge is 2.34. The molecule has 0 aliphatic heterocycles. The van der Waals surface area contributed by atoms with E-state index in [1.165, 1.54) is 30.3 Å². The number of alkyl halides is 3. The first-order chi connectivity index (χ1) is 10.2. The molecular weight excluding hydrogens is 321 g/mol. The summed E-state index contributed by atoms with van der Waals surface area (Å²) in [7, 11) is 1.16. The normalized spacial score (nSPS) is 11.3. The first kappa shape index (κ1) is 16.2. The summed E-state index contributed by atoms with van der Waals surface area (Å²) in [4.78, 5) is 10.9. The zero-order valence-electron chi connectivity index (χ0n) is 11.2. The number of hydrogen-bond donors (Lipinski definition) is 1. The molecule has 1 N–H and O–H groups in total. The molecule has 0 aromatic heterocycles. The predicted molar refractivity (Wildman–Crippen MR) is 75.4 cm³/mol. The second kappa shape index (κ2) is 5.88. The second-order valence-corrected chi connectivity index (χ2v) is 4.82. The first-order valence-electron chi connectivity index (χ1n) is 6.02. The number of carboxylic acids is 1. The Bertz CT molecular complexity index is 726. The average molecular weight is 331 g/mol. The Labute approximate surface area is 128 Å². The van der Waals surface area contributed by atoms with Gasteiger partial charge in [-0.15, -0.1) is 0 Å². The van der Waals surface area contributed by atoms with Crippen molar-refractivity contribution in [1.82, 2.24) is 0 Å². The van der Waals surface area contributed by atoms with Crippen molar-refractivity contribution >= 4 is 17.6 Å². The summed E-state index contributed by atoms with van der Waals surface area (Å²) < 4.78 is 43.7. The van der Waals surface area contributed by atoms with Crippen LogP contribution in [0, 0.1) is 0 Å². The topological polar surface area (TPSA) is 46.5 Å². The Morgan fingerprint density at radius 3 is 2.23 bits per heavy atom. The van der Waals surface area contributed by atoms with Gasteiger partial charge >= 0.3 is 12.1 Å². The van der Waals surface area contributed by atoms with Crippen LogP contribution in [0.5, 0.6) is 5.75 Å². The molecule has 116 valence electrons. The zero-order chi connectivity index (χ0) is 16.5. The van der Waals surface area contributed by atoms with Gasteiger partial charge in [-0.2, -0.15) is 13.2 Å². The fraction of sp³-hybridized carbons (Fsp3) is 0.133. The summed E-state index contributed by atoms with van der Waals surface area (Å²) in [5.74, 6) is -1.49. The van der Waals surface area contributed by atoms with Gasteiger partial charge in [0, 0.05) is 0 Å². The Kier molecular flexibility index (Phi) is 4.32. The Hall–Kier alpha value is -2.21. The number of aromatic carboxylic acids is 1. The summed E-state index contributed by atoms with van der Waals surface area (Å²) >= 11 is 5.83. The van der Waals surface area contributed by atoms with Crippen LogP contribution in [0.15, 0.2) is 36.4 Å². The molecule has 3 nitrogen and oxygen atoms in total. The average Bonchev–Trinajstić information content (AvgIpc) is 2.45. The van der Waals surface area contributed by atoms with Crippen LogP contribution in [-0.2, 0) is 6.18 Å². The number of carboxylic acid groups (broad SMARTS) is 1. The van der Waals surface area contributed by atoms with Crippen molar-refractivity contribution in [3.8, 4) is 16.9 Å². The van der Waals surface area contributed by atoms with Crippen LogP contribution in [0.2, 0.25) is 5.02 Å². The number of benzene rings is 2. The van der Waals surface area contributed by atoms with Crippen LogP contribution >= 0.6 is 11.6 Å². The van der Waals surface area contributed by atoms with Crippen molar-refractivity contribution in [2.75, 3.05) is 7.11 Å². The maximum absolute atomic E-state index is 13.0. The lowest BCUT2D eigenvalue weighted by molar-refractivity contribution is -0.138.